The van der Waals surface area contributed by atoms with Gasteiger partial charge in [0.15, 0.2) is 5.82 Å². The number of aryl methyl sites for hydroxylation is 2. The molecule has 7 heteroatoms. The quantitative estimate of drug-likeness (QED) is 0.842. The molecular formula is C20H26N4O3. The Kier molecular flexibility index (Phi) is 6.21. The van der Waals surface area contributed by atoms with E-state index in [1.54, 1.807) is 0 Å². The Morgan fingerprint density at radius 3 is 2.67 bits per heavy atom. The maximum atomic E-state index is 12.7. The van der Waals surface area contributed by atoms with Crippen LogP contribution in [0.3, 0.4) is 0 Å². The fraction of sp³-hybridized carbons (Fsp3) is 0.500. The van der Waals surface area contributed by atoms with Crippen LogP contribution in [0.2, 0.25) is 0 Å². The van der Waals surface area contributed by atoms with E-state index in [0.717, 1.165) is 17.5 Å². The van der Waals surface area contributed by atoms with Gasteiger partial charge in [-0.3, -0.25) is 9.59 Å². The van der Waals surface area contributed by atoms with Crippen molar-refractivity contribution in [3.8, 4) is 0 Å². The smallest absolute Gasteiger partial charge is 0.254 e. The van der Waals surface area contributed by atoms with E-state index in [1.165, 1.54) is 0 Å². The normalized spacial score (nSPS) is 15.0. The first-order chi connectivity index (χ1) is 13.1. The summed E-state index contributed by atoms with van der Waals surface area (Å²) in [6.45, 7) is 5.60. The molecule has 0 bridgehead atoms. The number of benzene rings is 1. The molecule has 144 valence electrons. The molecule has 0 spiro atoms. The molecule has 2 aromatic rings. The molecule has 2 amide bonds. The minimum atomic E-state index is -0.0557. The number of amides is 2. The van der Waals surface area contributed by atoms with Crippen LogP contribution in [-0.4, -0.2) is 46.5 Å². The monoisotopic (exact) mass is 370 g/mol. The van der Waals surface area contributed by atoms with Crippen molar-refractivity contribution in [3.05, 3.63) is 47.1 Å². The van der Waals surface area contributed by atoms with Gasteiger partial charge >= 0.3 is 0 Å². The molecule has 0 atom stereocenters. The molecule has 0 aliphatic carbocycles. The lowest BCUT2D eigenvalue weighted by atomic mass is 9.95. The number of hydrogen-bond acceptors (Lipinski definition) is 5. The molecule has 0 saturated carbocycles. The first-order valence-corrected chi connectivity index (χ1v) is 9.52. The molecule has 1 aliphatic rings. The topological polar surface area (TPSA) is 88.3 Å². The second-order valence-electron chi connectivity index (χ2n) is 6.88. The Balaban J connectivity index is 1.43. The van der Waals surface area contributed by atoms with Gasteiger partial charge in [0.05, 0.1) is 0 Å². The number of carbonyl (C=O) groups excluding carboxylic acids is 2. The Morgan fingerprint density at radius 1 is 1.26 bits per heavy atom. The van der Waals surface area contributed by atoms with E-state index in [0.29, 0.717) is 50.6 Å². The molecule has 0 radical (unpaired) electrons. The lowest BCUT2D eigenvalue weighted by Gasteiger charge is -2.31. The standard InChI is InChI=1S/C20H26N4O3/c1-3-17-22-18(27-23-17)8-11-21-19(25)15-9-12-24(13-10-15)20(26)16-7-5-4-6-14(16)2/h4-7,15H,3,8-13H2,1-2H3,(H,21,25). The SMILES string of the molecule is CCc1noc(CCNC(=O)C2CCN(C(=O)c3ccccc3C)CC2)n1. The molecule has 0 unspecified atom stereocenters. The average molecular weight is 370 g/mol. The zero-order valence-corrected chi connectivity index (χ0v) is 15.9. The van der Waals surface area contributed by atoms with Crippen LogP contribution in [0.25, 0.3) is 0 Å². The summed E-state index contributed by atoms with van der Waals surface area (Å²) in [6, 6.07) is 7.62. The van der Waals surface area contributed by atoms with Crippen molar-refractivity contribution < 1.29 is 14.1 Å². The van der Waals surface area contributed by atoms with Crippen molar-refractivity contribution in [2.75, 3.05) is 19.6 Å². The second-order valence-corrected chi connectivity index (χ2v) is 6.88. The lowest BCUT2D eigenvalue weighted by Crippen LogP contribution is -2.43. The largest absolute Gasteiger partial charge is 0.355 e. The summed E-state index contributed by atoms with van der Waals surface area (Å²) in [5, 5.41) is 6.78. The van der Waals surface area contributed by atoms with Gasteiger partial charge in [-0.15, -0.1) is 0 Å². The van der Waals surface area contributed by atoms with Crippen LogP contribution in [0.5, 0.6) is 0 Å². The number of hydrogen-bond donors (Lipinski definition) is 1. The second kappa shape index (κ2) is 8.79. The van der Waals surface area contributed by atoms with E-state index in [2.05, 4.69) is 15.5 Å². The number of piperidine rings is 1. The highest BCUT2D eigenvalue weighted by Gasteiger charge is 2.28. The van der Waals surface area contributed by atoms with E-state index >= 15 is 0 Å². The van der Waals surface area contributed by atoms with Gasteiger partial charge in [0.1, 0.15) is 0 Å². The molecular weight excluding hydrogens is 344 g/mol. The summed E-state index contributed by atoms with van der Waals surface area (Å²) in [7, 11) is 0. The van der Waals surface area contributed by atoms with E-state index in [9.17, 15) is 9.59 Å². The number of likely N-dealkylation sites (tertiary alicyclic amines) is 1. The number of nitrogens with zero attached hydrogens (tertiary/aromatic N) is 3. The van der Waals surface area contributed by atoms with Crippen molar-refractivity contribution in [3.63, 3.8) is 0 Å². The van der Waals surface area contributed by atoms with Crippen LogP contribution in [0.1, 0.15) is 47.4 Å². The number of carbonyl (C=O) groups is 2. The molecule has 2 heterocycles. The third-order valence-corrected chi connectivity index (χ3v) is 4.99. The predicted octanol–water partition coefficient (Wildman–Crippen LogP) is 2.15. The van der Waals surface area contributed by atoms with E-state index < -0.39 is 0 Å². The van der Waals surface area contributed by atoms with E-state index in [-0.39, 0.29) is 17.7 Å². The molecule has 27 heavy (non-hydrogen) atoms. The Labute approximate surface area is 159 Å². The van der Waals surface area contributed by atoms with E-state index in [4.69, 9.17) is 4.52 Å². The minimum absolute atomic E-state index is 0.0354. The number of rotatable bonds is 6. The molecule has 1 aromatic carbocycles. The van der Waals surface area contributed by atoms with Gasteiger partial charge in [-0.2, -0.15) is 4.98 Å². The highest BCUT2D eigenvalue weighted by Crippen LogP contribution is 2.20. The zero-order valence-electron chi connectivity index (χ0n) is 15.9. The van der Waals surface area contributed by atoms with Crippen molar-refractivity contribution in [1.29, 1.82) is 0 Å². The molecule has 1 aromatic heterocycles. The summed E-state index contributed by atoms with van der Waals surface area (Å²) in [4.78, 5) is 31.1. The fourth-order valence-corrected chi connectivity index (χ4v) is 3.30. The Bertz CT molecular complexity index is 794. The third kappa shape index (κ3) is 4.72. The van der Waals surface area contributed by atoms with Crippen LogP contribution < -0.4 is 5.32 Å². The van der Waals surface area contributed by atoms with E-state index in [1.807, 2.05) is 43.0 Å². The molecule has 1 fully saturated rings. The Morgan fingerprint density at radius 2 is 2.00 bits per heavy atom. The third-order valence-electron chi connectivity index (χ3n) is 4.99. The first kappa shape index (κ1) is 19.1. The van der Waals surface area contributed by atoms with Crippen molar-refractivity contribution in [1.82, 2.24) is 20.4 Å². The van der Waals surface area contributed by atoms with Crippen molar-refractivity contribution in [2.45, 2.75) is 39.5 Å². The van der Waals surface area contributed by atoms with Crippen LogP contribution in [0.4, 0.5) is 0 Å². The average Bonchev–Trinajstić information content (AvgIpc) is 3.16. The first-order valence-electron chi connectivity index (χ1n) is 9.52. The van der Waals surface area contributed by atoms with Gasteiger partial charge in [-0.05, 0) is 31.4 Å². The van der Waals surface area contributed by atoms with Crippen LogP contribution in [0, 0.1) is 12.8 Å². The maximum Gasteiger partial charge on any atom is 0.254 e. The summed E-state index contributed by atoms with van der Waals surface area (Å²) in [5.41, 5.74) is 1.72. The zero-order chi connectivity index (χ0) is 19.2. The van der Waals surface area contributed by atoms with Crippen LogP contribution in [-0.2, 0) is 17.6 Å². The number of nitrogens with one attached hydrogen (secondary N) is 1. The van der Waals surface area contributed by atoms with Crippen molar-refractivity contribution in [2.24, 2.45) is 5.92 Å². The van der Waals surface area contributed by atoms with Gasteiger partial charge in [0.2, 0.25) is 11.8 Å². The molecule has 1 aliphatic heterocycles. The molecule has 7 nitrogen and oxygen atoms in total. The van der Waals surface area contributed by atoms with Gasteiger partial charge in [0.25, 0.3) is 5.91 Å². The minimum Gasteiger partial charge on any atom is -0.355 e. The molecule has 1 saturated heterocycles. The molecule has 3 rings (SSSR count). The predicted molar refractivity (Wildman–Crippen MR) is 100 cm³/mol. The fourth-order valence-electron chi connectivity index (χ4n) is 3.30. The molecule has 1 N–H and O–H groups in total. The summed E-state index contributed by atoms with van der Waals surface area (Å²) in [6.07, 6.45) is 2.63. The van der Waals surface area contributed by atoms with Gasteiger partial charge < -0.3 is 14.7 Å². The lowest BCUT2D eigenvalue weighted by molar-refractivity contribution is -0.126. The van der Waals surface area contributed by atoms with Gasteiger partial charge in [-0.25, -0.2) is 0 Å². The summed E-state index contributed by atoms with van der Waals surface area (Å²) < 4.78 is 5.12. The Hall–Kier alpha value is -2.70. The van der Waals surface area contributed by atoms with Crippen LogP contribution >= 0.6 is 0 Å². The number of aromatic nitrogens is 2. The highest BCUT2D eigenvalue weighted by molar-refractivity contribution is 5.95. The maximum absolute atomic E-state index is 12.7. The van der Waals surface area contributed by atoms with Gasteiger partial charge in [-0.1, -0.05) is 30.3 Å². The highest BCUT2D eigenvalue weighted by atomic mass is 16.5. The van der Waals surface area contributed by atoms with Crippen molar-refractivity contribution >= 4 is 11.8 Å². The van der Waals surface area contributed by atoms with Crippen LogP contribution in [0.15, 0.2) is 28.8 Å². The summed E-state index contributed by atoms with van der Waals surface area (Å²) in [5.74, 6) is 1.26. The summed E-state index contributed by atoms with van der Waals surface area (Å²) >= 11 is 0. The van der Waals surface area contributed by atoms with Gasteiger partial charge in [0, 0.05) is 44.0 Å².